The van der Waals surface area contributed by atoms with E-state index in [1.807, 2.05) is 0 Å². The molecule has 0 aromatic heterocycles. The third-order valence-electron chi connectivity index (χ3n) is 0.327. The highest BCUT2D eigenvalue weighted by molar-refractivity contribution is 5.49. The first kappa shape index (κ1) is 5.59. The van der Waals surface area contributed by atoms with Crippen LogP contribution in [0.4, 0.5) is 0 Å². The van der Waals surface area contributed by atoms with E-state index < -0.39 is 0 Å². The molecule has 3 nitrogen and oxygen atoms in total. The summed E-state index contributed by atoms with van der Waals surface area (Å²) in [5, 5.41) is 7.54. The van der Waals surface area contributed by atoms with Crippen molar-refractivity contribution >= 4 is 6.29 Å². The minimum atomic E-state index is 0.101. The van der Waals surface area contributed by atoms with Gasteiger partial charge in [0.15, 0.2) is 0 Å². The molecule has 0 saturated heterocycles. The van der Waals surface area contributed by atoms with Crippen LogP contribution in [0.5, 0.6) is 0 Å². The molecule has 0 heterocycles. The van der Waals surface area contributed by atoms with Gasteiger partial charge in [0.05, 0.1) is 6.61 Å². The van der Waals surface area contributed by atoms with E-state index in [0.717, 1.165) is 0 Å². The van der Waals surface area contributed by atoms with Crippen LogP contribution in [0.15, 0.2) is 0 Å². The minimum absolute atomic E-state index is 0.101. The van der Waals surface area contributed by atoms with Gasteiger partial charge < -0.3 is 4.79 Å². The molecule has 0 aliphatic rings. The Hall–Kier alpha value is -0.410. The van der Waals surface area contributed by atoms with Crippen LogP contribution >= 0.6 is 0 Å². The summed E-state index contributed by atoms with van der Waals surface area (Å²) in [5.74, 6) is 0. The second-order valence-corrected chi connectivity index (χ2v) is 0.789. The summed E-state index contributed by atoms with van der Waals surface area (Å²) in [6.45, 7) is 0.101. The Balaban J connectivity index is 2.49. The molecule has 0 aromatic carbocycles. The van der Waals surface area contributed by atoms with Crippen LogP contribution in [0.2, 0.25) is 0 Å². The van der Waals surface area contributed by atoms with Crippen molar-refractivity contribution < 1.29 is 14.9 Å². The molecule has 0 aromatic rings. The zero-order valence-electron chi connectivity index (χ0n) is 3.26. The van der Waals surface area contributed by atoms with Crippen LogP contribution < -0.4 is 0 Å². The molecule has 0 fully saturated rings. The number of rotatable bonds is 3. The fraction of sp³-hybridized carbons (Fsp3) is 0.667. The average Bonchev–Trinajstić information content (AvgIpc) is 1.61. The number of carbonyl (C=O) groups is 1. The largest absolute Gasteiger partial charge is 0.303 e. The number of aldehydes is 1. The first-order valence-corrected chi connectivity index (χ1v) is 1.62. The lowest BCUT2D eigenvalue weighted by molar-refractivity contribution is -0.241. The second-order valence-electron chi connectivity index (χ2n) is 0.789. The van der Waals surface area contributed by atoms with Crippen molar-refractivity contribution in [2.45, 2.75) is 6.42 Å². The summed E-state index contributed by atoms with van der Waals surface area (Å²) in [5.41, 5.74) is 0. The molecule has 3 heteroatoms. The highest BCUT2D eigenvalue weighted by atomic mass is 17.1. The maximum Gasteiger partial charge on any atom is 0.122 e. The zero-order chi connectivity index (χ0) is 4.83. The van der Waals surface area contributed by atoms with E-state index in [2.05, 4.69) is 4.89 Å². The van der Waals surface area contributed by atoms with Crippen molar-refractivity contribution in [1.29, 1.82) is 0 Å². The van der Waals surface area contributed by atoms with Crippen molar-refractivity contribution in [1.82, 2.24) is 0 Å². The lowest BCUT2D eigenvalue weighted by atomic mass is 10.5. The third-order valence-corrected chi connectivity index (χ3v) is 0.327. The Morgan fingerprint density at radius 3 is 2.67 bits per heavy atom. The summed E-state index contributed by atoms with van der Waals surface area (Å²) < 4.78 is 0. The van der Waals surface area contributed by atoms with Crippen molar-refractivity contribution in [3.8, 4) is 0 Å². The van der Waals surface area contributed by atoms with Crippen LogP contribution in [0, 0.1) is 0 Å². The van der Waals surface area contributed by atoms with E-state index in [-0.39, 0.29) is 13.0 Å². The Morgan fingerprint density at radius 2 is 2.50 bits per heavy atom. The van der Waals surface area contributed by atoms with E-state index >= 15 is 0 Å². The third kappa shape index (κ3) is 3.59. The predicted molar refractivity (Wildman–Crippen MR) is 19.3 cm³/mol. The first-order chi connectivity index (χ1) is 2.91. The SMILES string of the molecule is O=CCCOO. The van der Waals surface area contributed by atoms with Gasteiger partial charge in [-0.05, 0) is 0 Å². The molecule has 0 aliphatic carbocycles. The quantitative estimate of drug-likeness (QED) is 0.231. The highest BCUT2D eigenvalue weighted by Crippen LogP contribution is 1.68. The Labute approximate surface area is 35.5 Å². The second kappa shape index (κ2) is 4.59. The van der Waals surface area contributed by atoms with Gasteiger partial charge in [-0.25, -0.2) is 4.89 Å². The smallest absolute Gasteiger partial charge is 0.122 e. The van der Waals surface area contributed by atoms with Gasteiger partial charge in [-0.1, -0.05) is 0 Å². The number of hydrogen-bond donors (Lipinski definition) is 1. The van der Waals surface area contributed by atoms with Crippen LogP contribution in [-0.4, -0.2) is 18.2 Å². The van der Waals surface area contributed by atoms with Crippen LogP contribution in [-0.2, 0) is 9.68 Å². The monoisotopic (exact) mass is 90.0 g/mol. The van der Waals surface area contributed by atoms with Gasteiger partial charge in [-0.3, -0.25) is 5.26 Å². The van der Waals surface area contributed by atoms with Gasteiger partial charge in [-0.15, -0.1) is 0 Å². The molecule has 0 radical (unpaired) electrons. The van der Waals surface area contributed by atoms with Crippen LogP contribution in [0.25, 0.3) is 0 Å². The standard InChI is InChI=1S/C3H6O3/c4-2-1-3-6-5/h2,5H,1,3H2. The van der Waals surface area contributed by atoms with Gasteiger partial charge >= 0.3 is 0 Å². The van der Waals surface area contributed by atoms with E-state index in [9.17, 15) is 4.79 Å². The van der Waals surface area contributed by atoms with Crippen LogP contribution in [0.3, 0.4) is 0 Å². The zero-order valence-corrected chi connectivity index (χ0v) is 3.26. The topological polar surface area (TPSA) is 46.5 Å². The average molecular weight is 90.1 g/mol. The molecule has 0 saturated carbocycles. The van der Waals surface area contributed by atoms with E-state index in [4.69, 9.17) is 5.26 Å². The molecule has 0 spiro atoms. The normalized spacial score (nSPS) is 8.17. The fourth-order valence-electron chi connectivity index (χ4n) is 0.101. The molecule has 0 bridgehead atoms. The number of hydrogen-bond acceptors (Lipinski definition) is 3. The molecule has 1 N–H and O–H groups in total. The minimum Gasteiger partial charge on any atom is -0.303 e. The van der Waals surface area contributed by atoms with Crippen molar-refractivity contribution in [2.75, 3.05) is 6.61 Å². The van der Waals surface area contributed by atoms with Gasteiger partial charge in [0.2, 0.25) is 0 Å². The van der Waals surface area contributed by atoms with Gasteiger partial charge in [0.1, 0.15) is 6.29 Å². The summed E-state index contributed by atoms with van der Waals surface area (Å²) in [7, 11) is 0. The van der Waals surface area contributed by atoms with Gasteiger partial charge in [0, 0.05) is 6.42 Å². The Bertz CT molecular complexity index is 35.0. The van der Waals surface area contributed by atoms with E-state index in [1.165, 1.54) is 0 Å². The summed E-state index contributed by atoms with van der Waals surface area (Å²) in [6.07, 6.45) is 0.937. The Kier molecular flexibility index (Phi) is 4.28. The van der Waals surface area contributed by atoms with Crippen molar-refractivity contribution in [3.63, 3.8) is 0 Å². The molecular formula is C3H6O3. The number of carbonyl (C=O) groups excluding carboxylic acids is 1. The maximum absolute atomic E-state index is 9.37. The summed E-state index contributed by atoms with van der Waals surface area (Å²) in [4.78, 5) is 12.9. The predicted octanol–water partition coefficient (Wildman–Crippen LogP) is 0.0650. The lowest BCUT2D eigenvalue weighted by Gasteiger charge is -1.81. The molecular weight excluding hydrogens is 84.0 g/mol. The first-order valence-electron chi connectivity index (χ1n) is 1.62. The molecule has 0 unspecified atom stereocenters. The summed E-state index contributed by atoms with van der Waals surface area (Å²) >= 11 is 0. The highest BCUT2D eigenvalue weighted by Gasteiger charge is 1.76. The summed E-state index contributed by atoms with van der Waals surface area (Å²) in [6, 6.07) is 0. The van der Waals surface area contributed by atoms with Crippen LogP contribution in [0.1, 0.15) is 6.42 Å². The van der Waals surface area contributed by atoms with Crippen molar-refractivity contribution in [3.05, 3.63) is 0 Å². The Morgan fingerprint density at radius 1 is 1.83 bits per heavy atom. The molecule has 0 rings (SSSR count). The van der Waals surface area contributed by atoms with Gasteiger partial charge in [0.25, 0.3) is 0 Å². The van der Waals surface area contributed by atoms with Gasteiger partial charge in [-0.2, -0.15) is 0 Å². The molecule has 36 valence electrons. The lowest BCUT2D eigenvalue weighted by Crippen LogP contribution is -1.87. The maximum atomic E-state index is 9.37. The van der Waals surface area contributed by atoms with Crippen molar-refractivity contribution in [2.24, 2.45) is 0 Å². The van der Waals surface area contributed by atoms with E-state index in [0.29, 0.717) is 6.29 Å². The molecule has 0 amide bonds. The molecule has 0 atom stereocenters. The molecule has 6 heavy (non-hydrogen) atoms. The fourth-order valence-corrected chi connectivity index (χ4v) is 0.101. The molecule has 0 aliphatic heterocycles. The van der Waals surface area contributed by atoms with E-state index in [1.54, 1.807) is 0 Å².